The van der Waals surface area contributed by atoms with E-state index in [9.17, 15) is 9.59 Å². The normalized spacial score (nSPS) is 17.9. The summed E-state index contributed by atoms with van der Waals surface area (Å²) in [6.45, 7) is 1.80. The highest BCUT2D eigenvalue weighted by molar-refractivity contribution is 6.30. The molecule has 7 heteroatoms. The molecule has 0 spiro atoms. The summed E-state index contributed by atoms with van der Waals surface area (Å²) in [5.74, 6) is -0.992. The highest BCUT2D eigenvalue weighted by Gasteiger charge is 2.35. The minimum absolute atomic E-state index is 0.209. The van der Waals surface area contributed by atoms with Crippen molar-refractivity contribution in [1.82, 2.24) is 5.32 Å². The molecule has 0 saturated carbocycles. The SMILES string of the molecule is COCC1(c2cc(Cl)cc(C(CC(=O)O)NC=O)c2)CCOCC1. The molecule has 1 fully saturated rings. The molecule has 1 heterocycles. The number of nitrogens with one attached hydrogen (secondary N) is 1. The summed E-state index contributed by atoms with van der Waals surface area (Å²) in [4.78, 5) is 21.9. The van der Waals surface area contributed by atoms with Crippen LogP contribution in [0.4, 0.5) is 0 Å². The van der Waals surface area contributed by atoms with E-state index >= 15 is 0 Å². The third kappa shape index (κ3) is 4.47. The Hall–Kier alpha value is -1.63. The highest BCUT2D eigenvalue weighted by atomic mass is 35.5. The van der Waals surface area contributed by atoms with Crippen LogP contribution in [0.15, 0.2) is 18.2 Å². The molecule has 0 radical (unpaired) electrons. The van der Waals surface area contributed by atoms with E-state index in [1.165, 1.54) is 0 Å². The first-order chi connectivity index (χ1) is 11.5. The first kappa shape index (κ1) is 18.7. The Kier molecular flexibility index (Phi) is 6.60. The van der Waals surface area contributed by atoms with Gasteiger partial charge in [-0.05, 0) is 36.1 Å². The summed E-state index contributed by atoms with van der Waals surface area (Å²) in [6, 6.07) is 4.86. The van der Waals surface area contributed by atoms with Crippen molar-refractivity contribution in [1.29, 1.82) is 0 Å². The molecule has 2 rings (SSSR count). The average Bonchev–Trinajstić information content (AvgIpc) is 2.54. The van der Waals surface area contributed by atoms with E-state index in [4.69, 9.17) is 26.2 Å². The van der Waals surface area contributed by atoms with Gasteiger partial charge in [-0.1, -0.05) is 17.7 Å². The van der Waals surface area contributed by atoms with E-state index < -0.39 is 12.0 Å². The maximum Gasteiger partial charge on any atom is 0.305 e. The Morgan fingerprint density at radius 1 is 1.46 bits per heavy atom. The number of carbonyl (C=O) groups is 2. The molecular weight excluding hydrogens is 334 g/mol. The van der Waals surface area contributed by atoms with Crippen molar-refractivity contribution < 1.29 is 24.2 Å². The fraction of sp³-hybridized carbons (Fsp3) is 0.529. The highest BCUT2D eigenvalue weighted by Crippen LogP contribution is 2.38. The van der Waals surface area contributed by atoms with Crippen molar-refractivity contribution in [3.8, 4) is 0 Å². The number of halogens is 1. The number of amides is 1. The number of ether oxygens (including phenoxy) is 2. The molecule has 1 unspecified atom stereocenters. The molecule has 2 N–H and O–H groups in total. The molecule has 1 aliphatic rings. The third-order valence-electron chi connectivity index (χ3n) is 4.45. The molecule has 1 atom stereocenters. The van der Waals surface area contributed by atoms with E-state index in [1.807, 2.05) is 12.1 Å². The Morgan fingerprint density at radius 3 is 2.75 bits per heavy atom. The van der Waals surface area contributed by atoms with Crippen LogP contribution < -0.4 is 5.32 Å². The first-order valence-electron chi connectivity index (χ1n) is 7.80. The summed E-state index contributed by atoms with van der Waals surface area (Å²) < 4.78 is 10.9. The number of hydrogen-bond acceptors (Lipinski definition) is 4. The number of methoxy groups -OCH3 is 1. The molecule has 1 aromatic rings. The Morgan fingerprint density at radius 2 is 2.17 bits per heavy atom. The van der Waals surface area contributed by atoms with Crippen molar-refractivity contribution in [2.45, 2.75) is 30.7 Å². The van der Waals surface area contributed by atoms with Gasteiger partial charge in [-0.3, -0.25) is 9.59 Å². The Balaban J connectivity index is 2.41. The minimum Gasteiger partial charge on any atom is -0.481 e. The minimum atomic E-state index is -0.992. The van der Waals surface area contributed by atoms with Crippen molar-refractivity contribution in [3.05, 3.63) is 34.3 Å². The van der Waals surface area contributed by atoms with Gasteiger partial charge in [-0.15, -0.1) is 0 Å². The molecule has 0 aromatic heterocycles. The van der Waals surface area contributed by atoms with Gasteiger partial charge >= 0.3 is 5.97 Å². The van der Waals surface area contributed by atoms with Gasteiger partial charge in [0, 0.05) is 30.8 Å². The third-order valence-corrected chi connectivity index (χ3v) is 4.67. The fourth-order valence-corrected chi connectivity index (χ4v) is 3.45. The van der Waals surface area contributed by atoms with Crippen LogP contribution in [0, 0.1) is 0 Å². The number of carboxylic acids is 1. The maximum absolute atomic E-state index is 11.1. The van der Waals surface area contributed by atoms with E-state index in [2.05, 4.69) is 5.32 Å². The van der Waals surface area contributed by atoms with Crippen LogP contribution in [0.3, 0.4) is 0 Å². The number of carbonyl (C=O) groups excluding carboxylic acids is 1. The molecule has 24 heavy (non-hydrogen) atoms. The van der Waals surface area contributed by atoms with Crippen molar-refractivity contribution in [2.24, 2.45) is 0 Å². The van der Waals surface area contributed by atoms with Gasteiger partial charge in [0.1, 0.15) is 0 Å². The predicted molar refractivity (Wildman–Crippen MR) is 89.3 cm³/mol. The number of benzene rings is 1. The van der Waals surface area contributed by atoms with E-state index in [1.54, 1.807) is 13.2 Å². The zero-order valence-electron chi connectivity index (χ0n) is 13.6. The average molecular weight is 356 g/mol. The van der Waals surface area contributed by atoms with Crippen LogP contribution >= 0.6 is 11.6 Å². The lowest BCUT2D eigenvalue weighted by molar-refractivity contribution is -0.137. The van der Waals surface area contributed by atoms with Gasteiger partial charge in [0.2, 0.25) is 6.41 Å². The van der Waals surface area contributed by atoms with Crippen LogP contribution in [-0.4, -0.2) is 44.4 Å². The van der Waals surface area contributed by atoms with Crippen molar-refractivity contribution in [2.75, 3.05) is 26.9 Å². The zero-order chi connectivity index (χ0) is 17.6. The fourth-order valence-electron chi connectivity index (χ4n) is 3.20. The van der Waals surface area contributed by atoms with Crippen LogP contribution in [0.25, 0.3) is 0 Å². The molecule has 1 saturated heterocycles. The molecule has 132 valence electrons. The van der Waals surface area contributed by atoms with Crippen LogP contribution in [0.5, 0.6) is 0 Å². The van der Waals surface area contributed by atoms with Crippen molar-refractivity contribution in [3.63, 3.8) is 0 Å². The van der Waals surface area contributed by atoms with E-state index in [0.717, 1.165) is 18.4 Å². The number of aliphatic carboxylic acids is 1. The lowest BCUT2D eigenvalue weighted by atomic mass is 9.74. The van der Waals surface area contributed by atoms with Gasteiger partial charge in [-0.2, -0.15) is 0 Å². The lowest BCUT2D eigenvalue weighted by Gasteiger charge is -2.37. The maximum atomic E-state index is 11.1. The van der Waals surface area contributed by atoms with Crippen molar-refractivity contribution >= 4 is 24.0 Å². The number of rotatable bonds is 8. The molecule has 0 bridgehead atoms. The Bertz CT molecular complexity index is 581. The van der Waals surface area contributed by atoms with Crippen LogP contribution in [-0.2, 0) is 24.5 Å². The molecule has 1 aliphatic heterocycles. The van der Waals surface area contributed by atoms with Gasteiger partial charge < -0.3 is 19.9 Å². The molecule has 1 aromatic carbocycles. The topological polar surface area (TPSA) is 84.9 Å². The molecular formula is C17H22ClNO5. The Labute approximate surface area is 146 Å². The van der Waals surface area contributed by atoms with E-state index in [0.29, 0.717) is 36.8 Å². The van der Waals surface area contributed by atoms with E-state index in [-0.39, 0.29) is 11.8 Å². The van der Waals surface area contributed by atoms with Crippen LogP contribution in [0.2, 0.25) is 5.02 Å². The molecule has 1 amide bonds. The van der Waals surface area contributed by atoms with Crippen LogP contribution in [0.1, 0.15) is 36.4 Å². The largest absolute Gasteiger partial charge is 0.481 e. The smallest absolute Gasteiger partial charge is 0.305 e. The lowest BCUT2D eigenvalue weighted by Crippen LogP contribution is -2.38. The second-order valence-electron chi connectivity index (χ2n) is 6.03. The quantitative estimate of drug-likeness (QED) is 0.699. The van der Waals surface area contributed by atoms with Gasteiger partial charge in [-0.25, -0.2) is 0 Å². The van der Waals surface area contributed by atoms with Gasteiger partial charge in [0.05, 0.1) is 19.1 Å². The number of carboxylic acid groups (broad SMARTS) is 1. The second kappa shape index (κ2) is 8.46. The van der Waals surface area contributed by atoms with Gasteiger partial charge in [0.15, 0.2) is 0 Å². The number of hydrogen-bond donors (Lipinski definition) is 2. The van der Waals surface area contributed by atoms with Gasteiger partial charge in [0.25, 0.3) is 0 Å². The predicted octanol–water partition coefficient (Wildman–Crippen LogP) is 2.30. The standard InChI is InChI=1S/C17H22ClNO5/c1-23-10-17(2-4-24-5-3-17)13-6-12(7-14(18)8-13)15(19-11-20)9-16(21)22/h6-8,11,15H,2-5,9-10H2,1H3,(H,19,20)(H,21,22). The molecule has 6 nitrogen and oxygen atoms in total. The summed E-state index contributed by atoms with van der Waals surface area (Å²) in [5.41, 5.74) is 1.44. The first-order valence-corrected chi connectivity index (χ1v) is 8.18. The second-order valence-corrected chi connectivity index (χ2v) is 6.47. The summed E-state index contributed by atoms with van der Waals surface area (Å²) in [6.07, 6.45) is 1.89. The molecule has 0 aliphatic carbocycles. The summed E-state index contributed by atoms with van der Waals surface area (Å²) in [7, 11) is 1.66. The summed E-state index contributed by atoms with van der Waals surface area (Å²) >= 11 is 6.28. The zero-order valence-corrected chi connectivity index (χ0v) is 14.3. The summed E-state index contributed by atoms with van der Waals surface area (Å²) in [5, 5.41) is 12.1. The monoisotopic (exact) mass is 355 g/mol.